The molecular weight excluding hydrogens is 262 g/mol. The van der Waals surface area contributed by atoms with Crippen LogP contribution in [0.3, 0.4) is 0 Å². The number of anilines is 1. The predicted molar refractivity (Wildman–Crippen MR) is 77.3 cm³/mol. The highest BCUT2D eigenvalue weighted by Gasteiger charge is 2.12. The third-order valence-corrected chi connectivity index (χ3v) is 2.92. The third-order valence-electron chi connectivity index (χ3n) is 2.69. The second kappa shape index (κ2) is 6.25. The van der Waals surface area contributed by atoms with E-state index in [1.54, 1.807) is 18.2 Å². The third kappa shape index (κ3) is 3.48. The van der Waals surface area contributed by atoms with Gasteiger partial charge in [0.05, 0.1) is 19.2 Å². The average molecular weight is 276 g/mol. The van der Waals surface area contributed by atoms with Gasteiger partial charge in [-0.1, -0.05) is 29.8 Å². The number of methoxy groups -OCH3 is 1. The Kier molecular flexibility index (Phi) is 4.42. The van der Waals surface area contributed by atoms with Crippen LogP contribution in [0.5, 0.6) is 5.75 Å². The minimum absolute atomic E-state index is 0.0665. The van der Waals surface area contributed by atoms with Crippen LogP contribution in [0.1, 0.15) is 10.4 Å². The number of Topliss-reactive ketones (excluding diaryl/α,β-unsaturated/α-hetero) is 1. The normalized spacial score (nSPS) is 10.0. The Morgan fingerprint density at radius 3 is 2.63 bits per heavy atom. The molecule has 19 heavy (non-hydrogen) atoms. The molecule has 1 N–H and O–H groups in total. The molecule has 0 radical (unpaired) electrons. The van der Waals surface area contributed by atoms with E-state index in [1.807, 2.05) is 30.3 Å². The first-order valence-electron chi connectivity index (χ1n) is 5.86. The van der Waals surface area contributed by atoms with E-state index >= 15 is 0 Å². The average Bonchev–Trinajstić information content (AvgIpc) is 2.46. The molecule has 0 unspecified atom stereocenters. The summed E-state index contributed by atoms with van der Waals surface area (Å²) in [6.45, 7) is 0.195. The van der Waals surface area contributed by atoms with Crippen molar-refractivity contribution in [3.05, 3.63) is 59.1 Å². The van der Waals surface area contributed by atoms with Crippen LogP contribution in [-0.4, -0.2) is 19.4 Å². The maximum atomic E-state index is 12.1. The van der Waals surface area contributed by atoms with E-state index in [9.17, 15) is 4.79 Å². The molecule has 0 bridgehead atoms. The number of nitrogens with one attached hydrogen (secondary N) is 1. The highest BCUT2D eigenvalue weighted by atomic mass is 35.5. The van der Waals surface area contributed by atoms with Gasteiger partial charge in [-0.2, -0.15) is 0 Å². The largest absolute Gasteiger partial charge is 0.496 e. The van der Waals surface area contributed by atoms with Crippen molar-refractivity contribution in [2.75, 3.05) is 19.0 Å². The predicted octanol–water partition coefficient (Wildman–Crippen LogP) is 3.64. The molecule has 2 aromatic carbocycles. The van der Waals surface area contributed by atoms with Crippen molar-refractivity contribution in [1.29, 1.82) is 0 Å². The van der Waals surface area contributed by atoms with Gasteiger partial charge in [-0.15, -0.1) is 0 Å². The molecule has 0 atom stereocenters. The Balaban J connectivity index is 2.10. The zero-order chi connectivity index (χ0) is 13.7. The first-order chi connectivity index (χ1) is 9.20. The first-order valence-corrected chi connectivity index (χ1v) is 6.24. The summed E-state index contributed by atoms with van der Waals surface area (Å²) in [6, 6.07) is 14.6. The quantitative estimate of drug-likeness (QED) is 0.847. The van der Waals surface area contributed by atoms with E-state index in [0.717, 1.165) is 5.69 Å². The summed E-state index contributed by atoms with van der Waals surface area (Å²) in [5, 5.41) is 3.58. The molecule has 2 aromatic rings. The maximum Gasteiger partial charge on any atom is 0.185 e. The molecule has 0 aliphatic carbocycles. The minimum atomic E-state index is -0.0665. The highest BCUT2D eigenvalue weighted by molar-refractivity contribution is 6.31. The number of hydrogen-bond acceptors (Lipinski definition) is 3. The molecule has 3 nitrogen and oxygen atoms in total. The van der Waals surface area contributed by atoms with Gasteiger partial charge in [-0.25, -0.2) is 0 Å². The lowest BCUT2D eigenvalue weighted by molar-refractivity contribution is 0.100. The molecule has 0 saturated carbocycles. The van der Waals surface area contributed by atoms with Crippen molar-refractivity contribution in [3.8, 4) is 5.75 Å². The molecule has 2 rings (SSSR count). The topological polar surface area (TPSA) is 38.3 Å². The molecule has 0 heterocycles. The van der Waals surface area contributed by atoms with E-state index in [4.69, 9.17) is 16.3 Å². The lowest BCUT2D eigenvalue weighted by atomic mass is 10.1. The van der Waals surface area contributed by atoms with E-state index in [-0.39, 0.29) is 12.3 Å². The second-order valence-corrected chi connectivity index (χ2v) is 4.42. The summed E-state index contributed by atoms with van der Waals surface area (Å²) in [5.74, 6) is 0.465. The Hall–Kier alpha value is -2.00. The Labute approximate surface area is 117 Å². The number of benzene rings is 2. The number of ether oxygens (including phenoxy) is 1. The van der Waals surface area contributed by atoms with E-state index in [2.05, 4.69) is 5.32 Å². The van der Waals surface area contributed by atoms with Crippen LogP contribution in [0.25, 0.3) is 0 Å². The van der Waals surface area contributed by atoms with Crippen LogP contribution < -0.4 is 10.1 Å². The second-order valence-electron chi connectivity index (χ2n) is 3.99. The molecule has 0 saturated heterocycles. The number of carbonyl (C=O) groups excluding carboxylic acids is 1. The molecule has 0 spiro atoms. The lowest BCUT2D eigenvalue weighted by Crippen LogP contribution is -2.14. The number of ketones is 1. The number of para-hydroxylation sites is 1. The van der Waals surface area contributed by atoms with Gasteiger partial charge in [0.2, 0.25) is 0 Å². The maximum absolute atomic E-state index is 12.1. The SMILES string of the molecule is COc1ccc(Cl)cc1C(=O)CNc1ccccc1. The monoisotopic (exact) mass is 275 g/mol. The van der Waals surface area contributed by atoms with E-state index in [1.165, 1.54) is 7.11 Å². The van der Waals surface area contributed by atoms with Crippen molar-refractivity contribution >= 4 is 23.1 Å². The van der Waals surface area contributed by atoms with Crippen molar-refractivity contribution in [2.24, 2.45) is 0 Å². The van der Waals surface area contributed by atoms with Crippen molar-refractivity contribution in [3.63, 3.8) is 0 Å². The van der Waals surface area contributed by atoms with E-state index in [0.29, 0.717) is 16.3 Å². The Bertz CT molecular complexity index is 570. The number of carbonyl (C=O) groups is 1. The van der Waals surface area contributed by atoms with Crippen LogP contribution in [-0.2, 0) is 0 Å². The number of rotatable bonds is 5. The van der Waals surface area contributed by atoms with Gasteiger partial charge in [-0.3, -0.25) is 4.79 Å². The van der Waals surface area contributed by atoms with Crippen LogP contribution in [0.4, 0.5) is 5.69 Å². The van der Waals surface area contributed by atoms with Gasteiger partial charge < -0.3 is 10.1 Å². The summed E-state index contributed by atoms with van der Waals surface area (Å²) in [4.78, 5) is 12.1. The van der Waals surface area contributed by atoms with Gasteiger partial charge in [0, 0.05) is 10.7 Å². The summed E-state index contributed by atoms with van der Waals surface area (Å²) >= 11 is 5.91. The molecule has 98 valence electrons. The first kappa shape index (κ1) is 13.4. The fourth-order valence-electron chi connectivity index (χ4n) is 1.73. The van der Waals surface area contributed by atoms with Gasteiger partial charge in [-0.05, 0) is 30.3 Å². The lowest BCUT2D eigenvalue weighted by Gasteiger charge is -2.09. The summed E-state index contributed by atoms with van der Waals surface area (Å²) in [5.41, 5.74) is 1.38. The van der Waals surface area contributed by atoms with Crippen LogP contribution in [0, 0.1) is 0 Å². The summed E-state index contributed by atoms with van der Waals surface area (Å²) < 4.78 is 5.17. The number of halogens is 1. The molecule has 0 amide bonds. The molecule has 4 heteroatoms. The molecule has 0 aromatic heterocycles. The van der Waals surface area contributed by atoms with E-state index < -0.39 is 0 Å². The molecule has 0 aliphatic heterocycles. The van der Waals surface area contributed by atoms with Gasteiger partial charge in [0.25, 0.3) is 0 Å². The Morgan fingerprint density at radius 1 is 1.21 bits per heavy atom. The molecule has 0 fully saturated rings. The van der Waals surface area contributed by atoms with Gasteiger partial charge in [0.15, 0.2) is 5.78 Å². The standard InChI is InChI=1S/C15H14ClNO2/c1-19-15-8-7-11(16)9-13(15)14(18)10-17-12-5-3-2-4-6-12/h2-9,17H,10H2,1H3. The van der Waals surface area contributed by atoms with Crippen molar-refractivity contribution < 1.29 is 9.53 Å². The smallest absolute Gasteiger partial charge is 0.185 e. The van der Waals surface area contributed by atoms with Gasteiger partial charge >= 0.3 is 0 Å². The van der Waals surface area contributed by atoms with Crippen molar-refractivity contribution in [1.82, 2.24) is 0 Å². The van der Waals surface area contributed by atoms with Crippen LogP contribution >= 0.6 is 11.6 Å². The van der Waals surface area contributed by atoms with Crippen LogP contribution in [0.15, 0.2) is 48.5 Å². The minimum Gasteiger partial charge on any atom is -0.496 e. The summed E-state index contributed by atoms with van der Waals surface area (Å²) in [6.07, 6.45) is 0. The summed E-state index contributed by atoms with van der Waals surface area (Å²) in [7, 11) is 1.53. The molecule has 0 aliphatic rings. The van der Waals surface area contributed by atoms with Crippen LogP contribution in [0.2, 0.25) is 5.02 Å². The van der Waals surface area contributed by atoms with Crippen molar-refractivity contribution in [2.45, 2.75) is 0 Å². The zero-order valence-corrected chi connectivity index (χ0v) is 11.3. The van der Waals surface area contributed by atoms with Gasteiger partial charge in [0.1, 0.15) is 5.75 Å². The molecular formula is C15H14ClNO2. The highest BCUT2D eigenvalue weighted by Crippen LogP contribution is 2.23. The number of hydrogen-bond donors (Lipinski definition) is 1. The Morgan fingerprint density at radius 2 is 1.95 bits per heavy atom. The fourth-order valence-corrected chi connectivity index (χ4v) is 1.90. The zero-order valence-electron chi connectivity index (χ0n) is 10.5. The fraction of sp³-hybridized carbons (Fsp3) is 0.133.